The first kappa shape index (κ1) is 16.8. The quantitative estimate of drug-likeness (QED) is 0.719. The highest BCUT2D eigenvalue weighted by molar-refractivity contribution is 7.99. The molecule has 0 aliphatic rings. The molecule has 7 heteroatoms. The first-order chi connectivity index (χ1) is 10.7. The molecule has 3 N–H and O–H groups in total. The van der Waals surface area contributed by atoms with Crippen LogP contribution in [0.1, 0.15) is 19.2 Å². The Kier molecular flexibility index (Phi) is 6.23. The fraction of sp³-hybridized carbons (Fsp3) is 0.467. The van der Waals surface area contributed by atoms with E-state index in [4.69, 9.17) is 10.5 Å². The van der Waals surface area contributed by atoms with Gasteiger partial charge in [0.1, 0.15) is 11.6 Å². The van der Waals surface area contributed by atoms with Gasteiger partial charge in [-0.05, 0) is 37.2 Å². The Balaban J connectivity index is 2.30. The highest BCUT2D eigenvalue weighted by atomic mass is 32.2. The fourth-order valence-electron chi connectivity index (χ4n) is 1.96. The molecule has 0 spiro atoms. The van der Waals surface area contributed by atoms with Crippen LogP contribution in [-0.4, -0.2) is 45.4 Å². The molecular weight excluding hydrogens is 300 g/mol. The van der Waals surface area contributed by atoms with E-state index in [-0.39, 0.29) is 6.10 Å². The molecule has 1 aromatic heterocycles. The van der Waals surface area contributed by atoms with E-state index in [1.807, 2.05) is 35.8 Å². The smallest absolute Gasteiger partial charge is 0.195 e. The van der Waals surface area contributed by atoms with E-state index in [1.54, 1.807) is 7.11 Å². The van der Waals surface area contributed by atoms with Gasteiger partial charge in [0, 0.05) is 17.9 Å². The molecule has 0 saturated carbocycles. The molecule has 0 fully saturated rings. The van der Waals surface area contributed by atoms with Crippen LogP contribution in [0.15, 0.2) is 29.4 Å². The first-order valence-electron chi connectivity index (χ1n) is 7.29. The number of methoxy groups -OCH3 is 1. The standard InChI is InChI=1S/C15H22N4O2S/c1-3-12(20)10-22-15-18-17-14(8-9-16)19(15)11-4-6-13(21-2)7-5-11/h4-7,12,20H,3,8-10,16H2,1-2H3/t12-/m1/s1. The summed E-state index contributed by atoms with van der Waals surface area (Å²) in [6, 6.07) is 7.72. The number of aliphatic hydroxyl groups is 1. The van der Waals surface area contributed by atoms with E-state index in [9.17, 15) is 5.11 Å². The molecule has 6 nitrogen and oxygen atoms in total. The van der Waals surface area contributed by atoms with Gasteiger partial charge in [-0.25, -0.2) is 0 Å². The molecule has 0 bridgehead atoms. The number of benzene rings is 1. The van der Waals surface area contributed by atoms with E-state index in [0.717, 1.165) is 28.8 Å². The molecule has 0 unspecified atom stereocenters. The second kappa shape index (κ2) is 8.17. The van der Waals surface area contributed by atoms with Gasteiger partial charge in [0.15, 0.2) is 5.16 Å². The molecule has 22 heavy (non-hydrogen) atoms. The lowest BCUT2D eigenvalue weighted by atomic mass is 10.3. The first-order valence-corrected chi connectivity index (χ1v) is 8.27. The summed E-state index contributed by atoms with van der Waals surface area (Å²) >= 11 is 1.50. The second-order valence-electron chi connectivity index (χ2n) is 4.84. The van der Waals surface area contributed by atoms with Crippen molar-refractivity contribution < 1.29 is 9.84 Å². The van der Waals surface area contributed by atoms with Crippen LogP contribution in [-0.2, 0) is 6.42 Å². The van der Waals surface area contributed by atoms with Gasteiger partial charge in [0.2, 0.25) is 0 Å². The number of hydrogen-bond acceptors (Lipinski definition) is 6. The lowest BCUT2D eigenvalue weighted by Gasteiger charge is -2.11. The summed E-state index contributed by atoms with van der Waals surface area (Å²) in [6.07, 6.45) is 1.03. The zero-order chi connectivity index (χ0) is 15.9. The second-order valence-corrected chi connectivity index (χ2v) is 5.83. The number of hydrogen-bond donors (Lipinski definition) is 2. The topological polar surface area (TPSA) is 86.2 Å². The average molecular weight is 322 g/mol. The summed E-state index contributed by atoms with van der Waals surface area (Å²) in [7, 11) is 1.64. The van der Waals surface area contributed by atoms with Gasteiger partial charge in [-0.15, -0.1) is 10.2 Å². The third-order valence-electron chi connectivity index (χ3n) is 3.28. The summed E-state index contributed by atoms with van der Waals surface area (Å²) in [4.78, 5) is 0. The van der Waals surface area contributed by atoms with Crippen molar-refractivity contribution >= 4 is 11.8 Å². The molecule has 2 aromatic rings. The van der Waals surface area contributed by atoms with Crippen molar-refractivity contribution in [2.45, 2.75) is 31.0 Å². The van der Waals surface area contributed by atoms with E-state index >= 15 is 0 Å². The third-order valence-corrected chi connectivity index (χ3v) is 4.35. The Morgan fingerprint density at radius 2 is 2.05 bits per heavy atom. The average Bonchev–Trinajstić information content (AvgIpc) is 2.95. The molecule has 0 amide bonds. The monoisotopic (exact) mass is 322 g/mol. The number of thioether (sulfide) groups is 1. The van der Waals surface area contributed by atoms with Crippen LogP contribution < -0.4 is 10.5 Å². The van der Waals surface area contributed by atoms with Gasteiger partial charge in [-0.2, -0.15) is 0 Å². The number of nitrogens with two attached hydrogens (primary N) is 1. The van der Waals surface area contributed by atoms with E-state index in [0.29, 0.717) is 18.7 Å². The largest absolute Gasteiger partial charge is 0.497 e. The SMILES string of the molecule is CC[C@@H](O)CSc1nnc(CCN)n1-c1ccc(OC)cc1. The molecule has 0 saturated heterocycles. The minimum absolute atomic E-state index is 0.344. The van der Waals surface area contributed by atoms with Crippen LogP contribution in [0, 0.1) is 0 Å². The zero-order valence-electron chi connectivity index (χ0n) is 12.9. The van der Waals surface area contributed by atoms with Crippen molar-refractivity contribution in [2.75, 3.05) is 19.4 Å². The number of aromatic nitrogens is 3. The van der Waals surface area contributed by atoms with Gasteiger partial charge >= 0.3 is 0 Å². The molecule has 0 aliphatic carbocycles. The summed E-state index contributed by atoms with van der Waals surface area (Å²) in [5.41, 5.74) is 6.62. The van der Waals surface area contributed by atoms with Gasteiger partial charge in [-0.1, -0.05) is 18.7 Å². The van der Waals surface area contributed by atoms with Crippen LogP contribution in [0.4, 0.5) is 0 Å². The number of aliphatic hydroxyl groups excluding tert-OH is 1. The molecular formula is C15H22N4O2S. The van der Waals surface area contributed by atoms with E-state index < -0.39 is 0 Å². The molecule has 1 heterocycles. The predicted molar refractivity (Wildman–Crippen MR) is 87.7 cm³/mol. The molecule has 0 radical (unpaired) electrons. The normalized spacial score (nSPS) is 12.4. The van der Waals surface area contributed by atoms with Crippen LogP contribution in [0.25, 0.3) is 5.69 Å². The molecule has 120 valence electrons. The number of ether oxygens (including phenoxy) is 1. The Morgan fingerprint density at radius 3 is 2.64 bits per heavy atom. The maximum atomic E-state index is 9.74. The van der Waals surface area contributed by atoms with Crippen LogP contribution in [0.5, 0.6) is 5.75 Å². The molecule has 2 rings (SSSR count). The van der Waals surface area contributed by atoms with Gasteiger partial charge < -0.3 is 15.6 Å². The maximum absolute atomic E-state index is 9.74. The Morgan fingerprint density at radius 1 is 1.32 bits per heavy atom. The highest BCUT2D eigenvalue weighted by Crippen LogP contribution is 2.24. The zero-order valence-corrected chi connectivity index (χ0v) is 13.7. The van der Waals surface area contributed by atoms with Gasteiger partial charge in [-0.3, -0.25) is 4.57 Å². The number of nitrogens with zero attached hydrogens (tertiary/aromatic N) is 3. The van der Waals surface area contributed by atoms with Crippen LogP contribution in [0.2, 0.25) is 0 Å². The minimum Gasteiger partial charge on any atom is -0.497 e. The molecule has 0 aliphatic heterocycles. The van der Waals surface area contributed by atoms with Crippen molar-refractivity contribution in [1.29, 1.82) is 0 Å². The van der Waals surface area contributed by atoms with Gasteiger partial charge in [0.05, 0.1) is 13.2 Å². The molecule has 1 atom stereocenters. The number of rotatable bonds is 8. The summed E-state index contributed by atoms with van der Waals surface area (Å²) in [5, 5.41) is 19.0. The minimum atomic E-state index is -0.344. The summed E-state index contributed by atoms with van der Waals surface area (Å²) < 4.78 is 7.17. The maximum Gasteiger partial charge on any atom is 0.195 e. The molecule has 1 aromatic carbocycles. The van der Waals surface area contributed by atoms with Crippen molar-refractivity contribution in [2.24, 2.45) is 5.73 Å². The van der Waals surface area contributed by atoms with Gasteiger partial charge in [0.25, 0.3) is 0 Å². The fourth-order valence-corrected chi connectivity index (χ4v) is 2.98. The van der Waals surface area contributed by atoms with Crippen LogP contribution >= 0.6 is 11.8 Å². The lowest BCUT2D eigenvalue weighted by Crippen LogP contribution is -2.11. The predicted octanol–water partition coefficient (Wildman–Crippen LogP) is 1.64. The summed E-state index contributed by atoms with van der Waals surface area (Å²) in [6.45, 7) is 2.47. The van der Waals surface area contributed by atoms with Crippen molar-refractivity contribution in [3.63, 3.8) is 0 Å². The van der Waals surface area contributed by atoms with Crippen molar-refractivity contribution in [1.82, 2.24) is 14.8 Å². The van der Waals surface area contributed by atoms with E-state index in [1.165, 1.54) is 11.8 Å². The van der Waals surface area contributed by atoms with Crippen molar-refractivity contribution in [3.8, 4) is 11.4 Å². The Labute approximate surface area is 134 Å². The summed E-state index contributed by atoms with van der Waals surface area (Å²) in [5.74, 6) is 2.21. The highest BCUT2D eigenvalue weighted by Gasteiger charge is 2.15. The third kappa shape index (κ3) is 4.00. The van der Waals surface area contributed by atoms with Crippen molar-refractivity contribution in [3.05, 3.63) is 30.1 Å². The van der Waals surface area contributed by atoms with Crippen LogP contribution in [0.3, 0.4) is 0 Å². The Hall–Kier alpha value is -1.57. The lowest BCUT2D eigenvalue weighted by molar-refractivity contribution is 0.195. The Bertz CT molecular complexity index is 586. The van der Waals surface area contributed by atoms with E-state index in [2.05, 4.69) is 10.2 Å².